The number of ether oxygens (including phenoxy) is 2. The number of benzene rings is 2. The lowest BCUT2D eigenvalue weighted by Crippen LogP contribution is -2.33. The summed E-state index contributed by atoms with van der Waals surface area (Å²) in [6.45, 7) is -0.120. The molecular formula is C20H21ClN2O4. The average Bonchev–Trinajstić information content (AvgIpc) is 2.66. The van der Waals surface area contributed by atoms with Gasteiger partial charge in [-0.25, -0.2) is 0 Å². The van der Waals surface area contributed by atoms with Crippen LogP contribution in [0.5, 0.6) is 11.5 Å². The van der Waals surface area contributed by atoms with Crippen LogP contribution in [0, 0.1) is 0 Å². The van der Waals surface area contributed by atoms with E-state index in [0.29, 0.717) is 22.2 Å². The molecule has 0 bridgehead atoms. The van der Waals surface area contributed by atoms with Gasteiger partial charge < -0.3 is 19.7 Å². The minimum Gasteiger partial charge on any atom is -0.496 e. The highest BCUT2D eigenvalue weighted by molar-refractivity contribution is 6.31. The van der Waals surface area contributed by atoms with Crippen molar-refractivity contribution in [1.82, 2.24) is 4.90 Å². The van der Waals surface area contributed by atoms with Gasteiger partial charge in [0.05, 0.1) is 26.5 Å². The van der Waals surface area contributed by atoms with Gasteiger partial charge >= 0.3 is 0 Å². The minimum atomic E-state index is -0.364. The van der Waals surface area contributed by atoms with Gasteiger partial charge in [-0.2, -0.15) is 0 Å². The van der Waals surface area contributed by atoms with Crippen molar-refractivity contribution in [2.24, 2.45) is 0 Å². The van der Waals surface area contributed by atoms with Gasteiger partial charge in [-0.1, -0.05) is 29.8 Å². The number of amides is 2. The van der Waals surface area contributed by atoms with Crippen molar-refractivity contribution in [3.63, 3.8) is 0 Å². The summed E-state index contributed by atoms with van der Waals surface area (Å²) in [5.74, 6) is 0.471. The standard InChI is InChI=1S/C20H21ClN2O4/c1-23(20(25)11-8-14-6-4-5-7-17(14)26-2)13-19(24)22-16-12-15(21)9-10-18(16)27-3/h4-12H,13H2,1-3H3,(H,22,24). The second-order valence-electron chi connectivity index (χ2n) is 5.66. The first-order chi connectivity index (χ1) is 12.9. The first kappa shape index (κ1) is 20.3. The lowest BCUT2D eigenvalue weighted by Gasteiger charge is -2.16. The Labute approximate surface area is 163 Å². The quantitative estimate of drug-likeness (QED) is 0.737. The molecule has 0 fully saturated rings. The summed E-state index contributed by atoms with van der Waals surface area (Å²) in [5, 5.41) is 3.16. The Morgan fingerprint density at radius 2 is 1.81 bits per heavy atom. The fourth-order valence-corrected chi connectivity index (χ4v) is 2.53. The van der Waals surface area contributed by atoms with E-state index < -0.39 is 0 Å². The molecule has 2 rings (SSSR count). The lowest BCUT2D eigenvalue weighted by molar-refractivity contribution is -0.129. The van der Waals surface area contributed by atoms with Crippen LogP contribution in [0.15, 0.2) is 48.5 Å². The Hall–Kier alpha value is -2.99. The highest BCUT2D eigenvalue weighted by Crippen LogP contribution is 2.27. The van der Waals surface area contributed by atoms with Crippen LogP contribution in [0.2, 0.25) is 5.02 Å². The Bertz CT molecular complexity index is 852. The number of anilines is 1. The van der Waals surface area contributed by atoms with Gasteiger partial charge in [0.1, 0.15) is 11.5 Å². The smallest absolute Gasteiger partial charge is 0.246 e. The molecule has 142 valence electrons. The summed E-state index contributed by atoms with van der Waals surface area (Å²) in [6.07, 6.45) is 3.04. The maximum Gasteiger partial charge on any atom is 0.246 e. The maximum atomic E-state index is 12.3. The molecule has 0 radical (unpaired) electrons. The fourth-order valence-electron chi connectivity index (χ4n) is 2.35. The zero-order chi connectivity index (χ0) is 19.8. The summed E-state index contributed by atoms with van der Waals surface area (Å²) < 4.78 is 10.4. The van der Waals surface area contributed by atoms with E-state index in [1.54, 1.807) is 44.5 Å². The number of halogens is 1. The van der Waals surface area contributed by atoms with Crippen LogP contribution in [-0.2, 0) is 9.59 Å². The van der Waals surface area contributed by atoms with Crippen molar-refractivity contribution in [2.45, 2.75) is 0 Å². The summed E-state index contributed by atoms with van der Waals surface area (Å²) in [6, 6.07) is 12.2. The van der Waals surface area contributed by atoms with Crippen LogP contribution in [-0.4, -0.2) is 44.5 Å². The van der Waals surface area contributed by atoms with Crippen LogP contribution < -0.4 is 14.8 Å². The van der Waals surface area contributed by atoms with Crippen molar-refractivity contribution < 1.29 is 19.1 Å². The normalized spacial score (nSPS) is 10.5. The van der Waals surface area contributed by atoms with E-state index in [2.05, 4.69) is 5.32 Å². The van der Waals surface area contributed by atoms with Gasteiger partial charge in [0.25, 0.3) is 0 Å². The van der Waals surface area contributed by atoms with Crippen LogP contribution in [0.25, 0.3) is 6.08 Å². The van der Waals surface area contributed by atoms with Crippen molar-refractivity contribution >= 4 is 35.2 Å². The average molecular weight is 389 g/mol. The second-order valence-corrected chi connectivity index (χ2v) is 6.10. The van der Waals surface area contributed by atoms with Crippen molar-refractivity contribution in [3.8, 4) is 11.5 Å². The van der Waals surface area contributed by atoms with E-state index in [1.165, 1.54) is 18.1 Å². The van der Waals surface area contributed by atoms with Gasteiger partial charge in [0.15, 0.2) is 0 Å². The molecule has 0 aromatic heterocycles. The maximum absolute atomic E-state index is 12.3. The lowest BCUT2D eigenvalue weighted by atomic mass is 10.2. The largest absolute Gasteiger partial charge is 0.496 e. The van der Waals surface area contributed by atoms with Gasteiger partial charge in [-0.05, 0) is 30.3 Å². The summed E-state index contributed by atoms with van der Waals surface area (Å²) in [4.78, 5) is 25.8. The Kier molecular flexibility index (Phi) is 7.25. The van der Waals surface area contributed by atoms with Gasteiger partial charge in [-0.3, -0.25) is 9.59 Å². The number of hydrogen-bond donors (Lipinski definition) is 1. The van der Waals surface area contributed by atoms with Gasteiger partial charge in [0.2, 0.25) is 11.8 Å². The van der Waals surface area contributed by atoms with Crippen molar-refractivity contribution in [2.75, 3.05) is 33.1 Å². The summed E-state index contributed by atoms with van der Waals surface area (Å²) >= 11 is 5.95. The van der Waals surface area contributed by atoms with E-state index >= 15 is 0 Å². The van der Waals surface area contributed by atoms with E-state index in [0.717, 1.165) is 5.56 Å². The molecule has 0 heterocycles. The SMILES string of the molecule is COc1ccccc1C=CC(=O)N(C)CC(=O)Nc1cc(Cl)ccc1OC. The topological polar surface area (TPSA) is 67.9 Å². The summed E-state index contributed by atoms with van der Waals surface area (Å²) in [7, 11) is 4.61. The molecule has 0 aliphatic heterocycles. The Morgan fingerprint density at radius 3 is 2.52 bits per heavy atom. The molecule has 0 spiro atoms. The molecule has 0 unspecified atom stereocenters. The molecule has 2 amide bonds. The van der Waals surface area contributed by atoms with Crippen LogP contribution in [0.4, 0.5) is 5.69 Å². The molecule has 2 aromatic rings. The zero-order valence-corrected chi connectivity index (χ0v) is 16.1. The third kappa shape index (κ3) is 5.76. The Balaban J connectivity index is 1.98. The number of rotatable bonds is 7. The number of carbonyl (C=O) groups is 2. The van der Waals surface area contributed by atoms with E-state index in [1.807, 2.05) is 18.2 Å². The van der Waals surface area contributed by atoms with Gasteiger partial charge in [-0.15, -0.1) is 0 Å². The zero-order valence-electron chi connectivity index (χ0n) is 15.4. The van der Waals surface area contributed by atoms with E-state index in [9.17, 15) is 9.59 Å². The van der Waals surface area contributed by atoms with Gasteiger partial charge in [0, 0.05) is 23.7 Å². The molecule has 0 aliphatic carbocycles. The number of likely N-dealkylation sites (N-methyl/N-ethyl adjacent to an activating group) is 1. The molecule has 2 aromatic carbocycles. The predicted octanol–water partition coefficient (Wildman–Crippen LogP) is 3.47. The third-order valence-corrected chi connectivity index (χ3v) is 3.97. The number of hydrogen-bond acceptors (Lipinski definition) is 4. The van der Waals surface area contributed by atoms with Crippen molar-refractivity contribution in [3.05, 3.63) is 59.1 Å². The highest BCUT2D eigenvalue weighted by Gasteiger charge is 2.13. The monoisotopic (exact) mass is 388 g/mol. The predicted molar refractivity (Wildman–Crippen MR) is 106 cm³/mol. The molecular weight excluding hydrogens is 368 g/mol. The molecule has 7 heteroatoms. The van der Waals surface area contributed by atoms with E-state index in [4.69, 9.17) is 21.1 Å². The summed E-state index contributed by atoms with van der Waals surface area (Å²) in [5.41, 5.74) is 1.22. The second kappa shape index (κ2) is 9.64. The number of nitrogens with zero attached hydrogens (tertiary/aromatic N) is 1. The number of methoxy groups -OCH3 is 2. The molecule has 0 saturated heterocycles. The number of carbonyl (C=O) groups excluding carboxylic acids is 2. The van der Waals surface area contributed by atoms with E-state index in [-0.39, 0.29) is 18.4 Å². The van der Waals surface area contributed by atoms with Crippen molar-refractivity contribution in [1.29, 1.82) is 0 Å². The number of nitrogens with one attached hydrogen (secondary N) is 1. The first-order valence-corrected chi connectivity index (χ1v) is 8.52. The molecule has 0 atom stereocenters. The highest BCUT2D eigenvalue weighted by atomic mass is 35.5. The molecule has 0 saturated carbocycles. The molecule has 1 N–H and O–H groups in total. The first-order valence-electron chi connectivity index (χ1n) is 8.14. The number of para-hydroxylation sites is 1. The van der Waals surface area contributed by atoms with Crippen LogP contribution in [0.3, 0.4) is 0 Å². The molecule has 0 aliphatic rings. The minimum absolute atomic E-state index is 0.120. The molecule has 27 heavy (non-hydrogen) atoms. The third-order valence-electron chi connectivity index (χ3n) is 3.74. The molecule has 6 nitrogen and oxygen atoms in total. The van der Waals surface area contributed by atoms with Crippen LogP contribution >= 0.6 is 11.6 Å². The Morgan fingerprint density at radius 1 is 1.11 bits per heavy atom. The fraction of sp³-hybridized carbons (Fsp3) is 0.200. The van der Waals surface area contributed by atoms with Crippen LogP contribution in [0.1, 0.15) is 5.56 Å².